The molecule has 2 N–H and O–H groups in total. The summed E-state index contributed by atoms with van der Waals surface area (Å²) in [6.45, 7) is 3.36. The van der Waals surface area contributed by atoms with Crippen molar-refractivity contribution in [2.24, 2.45) is 0 Å². The number of hydrogen-bond acceptors (Lipinski definition) is 4. The highest BCUT2D eigenvalue weighted by Gasteiger charge is 2.40. The Bertz CT molecular complexity index is 414. The molecule has 0 aromatic carbocycles. The molecule has 6 nitrogen and oxygen atoms in total. The lowest BCUT2D eigenvalue weighted by molar-refractivity contribution is -0.154. The van der Waals surface area contributed by atoms with Crippen LogP contribution in [0.25, 0.3) is 0 Å². The lowest BCUT2D eigenvalue weighted by Gasteiger charge is -2.36. The second kappa shape index (κ2) is 5.91. The van der Waals surface area contributed by atoms with Gasteiger partial charge in [-0.05, 0) is 26.7 Å². The van der Waals surface area contributed by atoms with Crippen molar-refractivity contribution in [3.8, 4) is 0 Å². The molecule has 1 aliphatic carbocycles. The second-order valence-electron chi connectivity index (χ2n) is 6.17. The molecule has 6 heteroatoms. The van der Waals surface area contributed by atoms with Gasteiger partial charge in [-0.2, -0.15) is 0 Å². The number of hydrogen-bond donors (Lipinski definition) is 2. The van der Waals surface area contributed by atoms with Gasteiger partial charge in [-0.1, -0.05) is 19.3 Å². The molecule has 0 aromatic rings. The first kappa shape index (κ1) is 15.0. The minimum Gasteiger partial charge on any atom is -0.352 e. The van der Waals surface area contributed by atoms with Crippen molar-refractivity contribution in [1.82, 2.24) is 15.5 Å². The summed E-state index contributed by atoms with van der Waals surface area (Å²) in [6, 6.07) is 0.192. The van der Waals surface area contributed by atoms with Crippen LogP contribution in [-0.4, -0.2) is 47.3 Å². The summed E-state index contributed by atoms with van der Waals surface area (Å²) in [5.74, 6) is -0.919. The summed E-state index contributed by atoms with van der Waals surface area (Å²) in [7, 11) is 0. The summed E-state index contributed by atoms with van der Waals surface area (Å²) >= 11 is 0. The van der Waals surface area contributed by atoms with Crippen molar-refractivity contribution in [3.05, 3.63) is 0 Å². The zero-order valence-corrected chi connectivity index (χ0v) is 12.2. The van der Waals surface area contributed by atoms with Crippen LogP contribution < -0.4 is 10.6 Å². The van der Waals surface area contributed by atoms with Gasteiger partial charge in [0.1, 0.15) is 6.54 Å². The third-order valence-electron chi connectivity index (χ3n) is 4.03. The number of carbonyl (C=O) groups excluding carboxylic acids is 3. The van der Waals surface area contributed by atoms with Gasteiger partial charge in [-0.15, -0.1) is 0 Å². The maximum Gasteiger partial charge on any atom is 0.249 e. The van der Waals surface area contributed by atoms with Gasteiger partial charge in [0.05, 0.1) is 12.1 Å². The molecule has 2 aliphatic rings. The summed E-state index contributed by atoms with van der Waals surface area (Å²) < 4.78 is 0. The molecule has 0 atom stereocenters. The Hall–Kier alpha value is -1.43. The molecule has 2 fully saturated rings. The van der Waals surface area contributed by atoms with Gasteiger partial charge in [0.2, 0.25) is 17.7 Å². The smallest absolute Gasteiger partial charge is 0.249 e. The number of carbonyl (C=O) groups is 3. The standard InChI is InChI=1S/C14H23N3O3/c1-14(2)13(20)17(12(19)8-15-14)9-11(18)16-10-6-4-3-5-7-10/h10,15H,3-9H2,1-2H3,(H,16,18). The minimum absolute atomic E-state index is 0.0927. The Morgan fingerprint density at radius 3 is 2.60 bits per heavy atom. The lowest BCUT2D eigenvalue weighted by atomic mass is 9.95. The zero-order valence-electron chi connectivity index (χ0n) is 12.2. The van der Waals surface area contributed by atoms with E-state index in [2.05, 4.69) is 10.6 Å². The van der Waals surface area contributed by atoms with Gasteiger partial charge in [-0.3, -0.25) is 24.6 Å². The normalized spacial score (nSPS) is 23.8. The Kier molecular flexibility index (Phi) is 4.42. The molecule has 1 heterocycles. The predicted molar refractivity (Wildman–Crippen MR) is 73.8 cm³/mol. The van der Waals surface area contributed by atoms with Crippen LogP contribution >= 0.6 is 0 Å². The van der Waals surface area contributed by atoms with Crippen LogP contribution in [0.4, 0.5) is 0 Å². The van der Waals surface area contributed by atoms with Gasteiger partial charge in [-0.25, -0.2) is 0 Å². The molecule has 1 saturated heterocycles. The third kappa shape index (κ3) is 3.36. The fourth-order valence-corrected chi connectivity index (χ4v) is 2.74. The van der Waals surface area contributed by atoms with Crippen molar-refractivity contribution in [2.45, 2.75) is 57.5 Å². The Morgan fingerprint density at radius 2 is 1.95 bits per heavy atom. The van der Waals surface area contributed by atoms with E-state index in [4.69, 9.17) is 0 Å². The molecule has 2 rings (SSSR count). The Labute approximate surface area is 119 Å². The minimum atomic E-state index is -0.793. The fourth-order valence-electron chi connectivity index (χ4n) is 2.74. The van der Waals surface area contributed by atoms with E-state index in [0.717, 1.165) is 30.6 Å². The average Bonchev–Trinajstić information content (AvgIpc) is 2.41. The number of rotatable bonds is 3. The second-order valence-corrected chi connectivity index (χ2v) is 6.17. The first-order chi connectivity index (χ1) is 9.40. The van der Waals surface area contributed by atoms with E-state index in [9.17, 15) is 14.4 Å². The molecule has 0 radical (unpaired) electrons. The van der Waals surface area contributed by atoms with E-state index < -0.39 is 5.54 Å². The zero-order chi connectivity index (χ0) is 14.8. The molecule has 1 saturated carbocycles. The lowest BCUT2D eigenvalue weighted by Crippen LogP contribution is -2.65. The molecular formula is C14H23N3O3. The molecule has 0 bridgehead atoms. The molecule has 0 spiro atoms. The molecule has 0 unspecified atom stereocenters. The SMILES string of the molecule is CC1(C)NCC(=O)N(CC(=O)NC2CCCCC2)C1=O. The first-order valence-corrected chi connectivity index (χ1v) is 7.29. The highest BCUT2D eigenvalue weighted by Crippen LogP contribution is 2.17. The summed E-state index contributed by atoms with van der Waals surface area (Å²) in [5, 5.41) is 5.80. The topological polar surface area (TPSA) is 78.5 Å². The highest BCUT2D eigenvalue weighted by molar-refractivity contribution is 6.05. The van der Waals surface area contributed by atoms with E-state index in [1.54, 1.807) is 13.8 Å². The van der Waals surface area contributed by atoms with Gasteiger partial charge in [0.25, 0.3) is 0 Å². The summed E-state index contributed by atoms with van der Waals surface area (Å²) in [5.41, 5.74) is -0.793. The maximum atomic E-state index is 12.1. The number of piperazine rings is 1. The van der Waals surface area contributed by atoms with Crippen LogP contribution in [-0.2, 0) is 14.4 Å². The van der Waals surface area contributed by atoms with Crippen molar-refractivity contribution in [2.75, 3.05) is 13.1 Å². The largest absolute Gasteiger partial charge is 0.352 e. The molecule has 20 heavy (non-hydrogen) atoms. The van der Waals surface area contributed by atoms with Gasteiger partial charge >= 0.3 is 0 Å². The van der Waals surface area contributed by atoms with Crippen LogP contribution in [0, 0.1) is 0 Å². The maximum absolute atomic E-state index is 12.1. The quantitative estimate of drug-likeness (QED) is 0.723. The molecular weight excluding hydrogens is 258 g/mol. The van der Waals surface area contributed by atoms with Crippen molar-refractivity contribution in [3.63, 3.8) is 0 Å². The molecule has 112 valence electrons. The van der Waals surface area contributed by atoms with Crippen LogP contribution in [0.1, 0.15) is 46.0 Å². The van der Waals surface area contributed by atoms with Crippen molar-refractivity contribution in [1.29, 1.82) is 0 Å². The number of imide groups is 1. The van der Waals surface area contributed by atoms with Crippen molar-refractivity contribution < 1.29 is 14.4 Å². The average molecular weight is 281 g/mol. The number of amides is 3. The van der Waals surface area contributed by atoms with Crippen molar-refractivity contribution >= 4 is 17.7 Å². The van der Waals surface area contributed by atoms with E-state index >= 15 is 0 Å². The number of nitrogens with one attached hydrogen (secondary N) is 2. The molecule has 1 aliphatic heterocycles. The fraction of sp³-hybridized carbons (Fsp3) is 0.786. The summed E-state index contributed by atoms with van der Waals surface area (Å²) in [6.07, 6.45) is 5.45. The van der Waals surface area contributed by atoms with E-state index in [1.807, 2.05) is 0 Å². The van der Waals surface area contributed by atoms with E-state index in [-0.39, 0.29) is 36.9 Å². The van der Waals surface area contributed by atoms with Crippen LogP contribution in [0.15, 0.2) is 0 Å². The predicted octanol–water partition coefficient (Wildman–Crippen LogP) is 0.172. The monoisotopic (exact) mass is 281 g/mol. The summed E-state index contributed by atoms with van der Waals surface area (Å²) in [4.78, 5) is 37.0. The first-order valence-electron chi connectivity index (χ1n) is 7.29. The highest BCUT2D eigenvalue weighted by atomic mass is 16.2. The van der Waals surface area contributed by atoms with Crippen LogP contribution in [0.5, 0.6) is 0 Å². The van der Waals surface area contributed by atoms with Crippen LogP contribution in [0.2, 0.25) is 0 Å². The van der Waals surface area contributed by atoms with Gasteiger partial charge in [0.15, 0.2) is 0 Å². The van der Waals surface area contributed by atoms with Gasteiger partial charge in [0, 0.05) is 6.04 Å². The van der Waals surface area contributed by atoms with Crippen LogP contribution in [0.3, 0.4) is 0 Å². The van der Waals surface area contributed by atoms with Gasteiger partial charge < -0.3 is 5.32 Å². The van der Waals surface area contributed by atoms with E-state index in [1.165, 1.54) is 6.42 Å². The van der Waals surface area contributed by atoms with E-state index in [0.29, 0.717) is 0 Å². The number of nitrogens with zero attached hydrogens (tertiary/aromatic N) is 1. The Balaban J connectivity index is 1.91. The third-order valence-corrected chi connectivity index (χ3v) is 4.03. The molecule has 0 aromatic heterocycles. The Morgan fingerprint density at radius 1 is 1.30 bits per heavy atom. The molecule has 3 amide bonds.